The summed E-state index contributed by atoms with van der Waals surface area (Å²) in [5.74, 6) is 0. The lowest BCUT2D eigenvalue weighted by atomic mass is 9.95. The first-order valence-electron chi connectivity index (χ1n) is 6.05. The van der Waals surface area contributed by atoms with E-state index in [1.54, 1.807) is 0 Å². The topological polar surface area (TPSA) is 29.1 Å². The van der Waals surface area contributed by atoms with Crippen LogP contribution in [0.5, 0.6) is 0 Å². The van der Waals surface area contributed by atoms with E-state index in [0.29, 0.717) is 0 Å². The third-order valence-electron chi connectivity index (χ3n) is 2.88. The molecule has 0 bridgehead atoms. The van der Waals surface area contributed by atoms with E-state index in [0.717, 1.165) is 28.6 Å². The van der Waals surface area contributed by atoms with Gasteiger partial charge in [0.05, 0.1) is 4.75 Å². The molecule has 0 aromatic heterocycles. The monoisotopic (exact) mass is 327 g/mol. The molecule has 0 fully saturated rings. The van der Waals surface area contributed by atoms with E-state index in [2.05, 4.69) is 44.9 Å². The lowest BCUT2D eigenvalue weighted by Crippen LogP contribution is -2.33. The van der Waals surface area contributed by atoms with Gasteiger partial charge in [-0.2, -0.15) is 0 Å². The van der Waals surface area contributed by atoms with E-state index in [1.165, 1.54) is 5.56 Å². The van der Waals surface area contributed by atoms with Gasteiger partial charge in [0.1, 0.15) is 11.0 Å². The minimum atomic E-state index is -1.08. The Hall–Kier alpha value is -0.610. The number of hydrogen-bond acceptors (Lipinski definition) is 1. The van der Waals surface area contributed by atoms with Gasteiger partial charge in [0.15, 0.2) is 0 Å². The summed E-state index contributed by atoms with van der Waals surface area (Å²) >= 11 is 3.49. The van der Waals surface area contributed by atoms with E-state index >= 15 is 0 Å². The summed E-state index contributed by atoms with van der Waals surface area (Å²) in [6.07, 6.45) is 4.19. The number of benzene rings is 1. The number of fused-ring (bicyclic) bond motifs is 1. The fourth-order valence-electron chi connectivity index (χ4n) is 1.85. The number of aryl methyl sites for hydroxylation is 1. The summed E-state index contributed by atoms with van der Waals surface area (Å²) in [7, 11) is -1.08. The van der Waals surface area contributed by atoms with Crippen LogP contribution in [0.1, 0.15) is 38.3 Å². The van der Waals surface area contributed by atoms with Gasteiger partial charge in [-0.15, -0.1) is 0 Å². The molecule has 4 heteroatoms. The first kappa shape index (κ1) is 13.8. The van der Waals surface area contributed by atoms with Crippen LogP contribution >= 0.6 is 15.9 Å². The summed E-state index contributed by atoms with van der Waals surface area (Å²) in [4.78, 5) is 0. The maximum atomic E-state index is 12.2. The fourth-order valence-corrected chi connectivity index (χ4v) is 2.91. The van der Waals surface area contributed by atoms with Crippen molar-refractivity contribution >= 4 is 32.6 Å². The Morgan fingerprint density at radius 1 is 1.33 bits per heavy atom. The third kappa shape index (κ3) is 3.04. The molecule has 0 saturated heterocycles. The Labute approximate surface area is 120 Å². The van der Waals surface area contributed by atoms with Crippen LogP contribution in [0.3, 0.4) is 0 Å². The molecule has 1 unspecified atom stereocenters. The van der Waals surface area contributed by atoms with Crippen LogP contribution < -0.4 is 4.72 Å². The van der Waals surface area contributed by atoms with E-state index < -0.39 is 11.0 Å². The van der Waals surface area contributed by atoms with E-state index in [-0.39, 0.29) is 4.75 Å². The smallest absolute Gasteiger partial charge is 0.122 e. The third-order valence-corrected chi connectivity index (χ3v) is 4.89. The highest BCUT2D eigenvalue weighted by Crippen LogP contribution is 2.28. The van der Waals surface area contributed by atoms with Gasteiger partial charge in [0.25, 0.3) is 0 Å². The highest BCUT2D eigenvalue weighted by atomic mass is 79.9. The Bertz CT molecular complexity index is 517. The molecular weight excluding hydrogens is 310 g/mol. The summed E-state index contributed by atoms with van der Waals surface area (Å²) < 4.78 is 16.1. The van der Waals surface area contributed by atoms with Crippen molar-refractivity contribution in [3.63, 3.8) is 0 Å². The SMILES string of the molecule is CC(C)(C)S(=O)NC1=CCCc2ccc(Br)cc21. The highest BCUT2D eigenvalue weighted by Gasteiger charge is 2.22. The molecule has 1 aliphatic carbocycles. The van der Waals surface area contributed by atoms with E-state index in [1.807, 2.05) is 20.8 Å². The minimum absolute atomic E-state index is 0.259. The van der Waals surface area contributed by atoms with Crippen LogP contribution in [0.2, 0.25) is 0 Å². The molecule has 0 radical (unpaired) electrons. The predicted molar refractivity (Wildman–Crippen MR) is 81.5 cm³/mol. The molecule has 2 nitrogen and oxygen atoms in total. The standard InChI is InChI=1S/C14H18BrNOS/c1-14(2,3)18(17)16-13-6-4-5-10-7-8-11(15)9-12(10)13/h6-9,16H,4-5H2,1-3H3. The Morgan fingerprint density at radius 3 is 2.72 bits per heavy atom. The average molecular weight is 328 g/mol. The predicted octanol–water partition coefficient (Wildman–Crippen LogP) is 3.79. The normalized spacial score (nSPS) is 16.8. The Kier molecular flexibility index (Phi) is 3.97. The fraction of sp³-hybridized carbons (Fsp3) is 0.429. The summed E-state index contributed by atoms with van der Waals surface area (Å²) in [5.41, 5.74) is 3.47. The zero-order valence-electron chi connectivity index (χ0n) is 10.9. The molecule has 0 amide bonds. The van der Waals surface area contributed by atoms with Gasteiger partial charge in [-0.05, 0) is 51.3 Å². The molecule has 18 heavy (non-hydrogen) atoms. The second kappa shape index (κ2) is 5.17. The van der Waals surface area contributed by atoms with Crippen molar-refractivity contribution < 1.29 is 4.21 Å². The highest BCUT2D eigenvalue weighted by molar-refractivity contribution is 9.10. The number of rotatable bonds is 2. The molecule has 1 aromatic carbocycles. The Balaban J connectivity index is 2.29. The van der Waals surface area contributed by atoms with E-state index in [9.17, 15) is 4.21 Å². The lowest BCUT2D eigenvalue weighted by Gasteiger charge is -2.24. The van der Waals surface area contributed by atoms with Gasteiger partial charge in [0, 0.05) is 15.7 Å². The second-order valence-corrected chi connectivity index (χ2v) is 8.32. The van der Waals surface area contributed by atoms with Crippen molar-refractivity contribution in [2.24, 2.45) is 0 Å². The molecular formula is C14H18BrNOS. The van der Waals surface area contributed by atoms with E-state index in [4.69, 9.17) is 0 Å². The summed E-state index contributed by atoms with van der Waals surface area (Å²) in [6.45, 7) is 5.92. The molecule has 0 aliphatic heterocycles. The maximum absolute atomic E-state index is 12.2. The van der Waals surface area contributed by atoms with Crippen molar-refractivity contribution in [2.75, 3.05) is 0 Å². The average Bonchev–Trinajstić information content (AvgIpc) is 2.28. The molecule has 0 saturated carbocycles. The van der Waals surface area contributed by atoms with Gasteiger partial charge in [-0.3, -0.25) is 0 Å². The molecule has 1 aromatic rings. The van der Waals surface area contributed by atoms with Crippen LogP contribution in [0.15, 0.2) is 28.7 Å². The van der Waals surface area contributed by atoms with Gasteiger partial charge in [-0.1, -0.05) is 28.1 Å². The molecule has 1 N–H and O–H groups in total. The molecule has 0 spiro atoms. The molecule has 0 heterocycles. The molecule has 98 valence electrons. The first-order chi connectivity index (χ1) is 8.38. The quantitative estimate of drug-likeness (QED) is 0.879. The first-order valence-corrected chi connectivity index (χ1v) is 8.00. The van der Waals surface area contributed by atoms with Gasteiger partial charge < -0.3 is 4.72 Å². The van der Waals surface area contributed by atoms with Crippen molar-refractivity contribution in [3.05, 3.63) is 39.9 Å². The van der Waals surface area contributed by atoms with Crippen LogP contribution in [-0.2, 0) is 17.4 Å². The minimum Gasteiger partial charge on any atom is -0.304 e. The summed E-state index contributed by atoms with van der Waals surface area (Å²) in [5, 5.41) is 0. The van der Waals surface area contributed by atoms with Crippen molar-refractivity contribution in [3.8, 4) is 0 Å². The van der Waals surface area contributed by atoms with Crippen LogP contribution in [0.4, 0.5) is 0 Å². The summed E-state index contributed by atoms with van der Waals surface area (Å²) in [6, 6.07) is 6.28. The van der Waals surface area contributed by atoms with Gasteiger partial charge >= 0.3 is 0 Å². The molecule has 2 rings (SSSR count). The van der Waals surface area contributed by atoms with Crippen LogP contribution in [0.25, 0.3) is 5.70 Å². The number of nitrogens with one attached hydrogen (secondary N) is 1. The Morgan fingerprint density at radius 2 is 2.06 bits per heavy atom. The van der Waals surface area contributed by atoms with Crippen LogP contribution in [0, 0.1) is 0 Å². The number of halogens is 1. The maximum Gasteiger partial charge on any atom is 0.122 e. The molecule has 1 atom stereocenters. The van der Waals surface area contributed by atoms with Crippen molar-refractivity contribution in [1.82, 2.24) is 4.72 Å². The van der Waals surface area contributed by atoms with Crippen molar-refractivity contribution in [2.45, 2.75) is 38.4 Å². The second-order valence-electron chi connectivity index (χ2n) is 5.44. The van der Waals surface area contributed by atoms with Crippen molar-refractivity contribution in [1.29, 1.82) is 0 Å². The molecule has 1 aliphatic rings. The largest absolute Gasteiger partial charge is 0.304 e. The van der Waals surface area contributed by atoms with Crippen LogP contribution in [-0.4, -0.2) is 8.96 Å². The zero-order valence-corrected chi connectivity index (χ0v) is 13.3. The number of hydrogen-bond donors (Lipinski definition) is 1. The van der Waals surface area contributed by atoms with Gasteiger partial charge in [-0.25, -0.2) is 4.21 Å². The number of allylic oxidation sites excluding steroid dienone is 1. The van der Waals surface area contributed by atoms with Gasteiger partial charge in [0.2, 0.25) is 0 Å². The lowest BCUT2D eigenvalue weighted by molar-refractivity contribution is 0.645. The zero-order chi connectivity index (χ0) is 13.3.